The second-order valence-corrected chi connectivity index (χ2v) is 4.92. The van der Waals surface area contributed by atoms with Gasteiger partial charge < -0.3 is 18.9 Å². The minimum Gasteiger partial charge on any atom is -0.493 e. The van der Waals surface area contributed by atoms with Gasteiger partial charge in [0, 0.05) is 0 Å². The average Bonchev–Trinajstić information content (AvgIpc) is 2.59. The lowest BCUT2D eigenvalue weighted by atomic mass is 10.1. The third kappa shape index (κ3) is 6.78. The monoisotopic (exact) mass is 354 g/mol. The molecule has 0 saturated carbocycles. The van der Waals surface area contributed by atoms with E-state index >= 15 is 0 Å². The maximum absolute atomic E-state index is 11.8. The van der Waals surface area contributed by atoms with Crippen molar-refractivity contribution in [2.24, 2.45) is 0 Å². The standard InChI is InChI=1S/C17H26N2O6/c1-5-10-25-14-11-12(8-9-13(14)22-4)15(18-16(20)23-6-2)19-17(21)24-7-3/h8-9,11,15H,5-7,10H2,1-4H3,(H,18,20)(H,19,21). The van der Waals surface area contributed by atoms with Crippen LogP contribution in [0.5, 0.6) is 11.5 Å². The number of amides is 2. The van der Waals surface area contributed by atoms with E-state index in [0.29, 0.717) is 23.7 Å². The topological polar surface area (TPSA) is 95.1 Å². The molecule has 25 heavy (non-hydrogen) atoms. The molecule has 1 aromatic carbocycles. The smallest absolute Gasteiger partial charge is 0.409 e. The zero-order chi connectivity index (χ0) is 18.7. The van der Waals surface area contributed by atoms with Crippen LogP contribution in [-0.4, -0.2) is 39.1 Å². The van der Waals surface area contributed by atoms with E-state index in [4.69, 9.17) is 18.9 Å². The molecule has 2 N–H and O–H groups in total. The number of hydrogen-bond acceptors (Lipinski definition) is 6. The maximum atomic E-state index is 11.8. The first kappa shape index (κ1) is 20.4. The van der Waals surface area contributed by atoms with Gasteiger partial charge >= 0.3 is 12.2 Å². The van der Waals surface area contributed by atoms with Gasteiger partial charge in [0.05, 0.1) is 26.9 Å². The summed E-state index contributed by atoms with van der Waals surface area (Å²) in [5, 5.41) is 5.15. The van der Waals surface area contributed by atoms with Gasteiger partial charge in [-0.1, -0.05) is 13.0 Å². The van der Waals surface area contributed by atoms with Gasteiger partial charge in [0.2, 0.25) is 0 Å². The molecular formula is C17H26N2O6. The van der Waals surface area contributed by atoms with Crippen LogP contribution in [0.25, 0.3) is 0 Å². The predicted molar refractivity (Wildman–Crippen MR) is 91.8 cm³/mol. The van der Waals surface area contributed by atoms with Crippen molar-refractivity contribution < 1.29 is 28.5 Å². The van der Waals surface area contributed by atoms with Crippen molar-refractivity contribution in [2.75, 3.05) is 26.9 Å². The fraction of sp³-hybridized carbons (Fsp3) is 0.529. The molecule has 0 heterocycles. The lowest BCUT2D eigenvalue weighted by Crippen LogP contribution is -2.41. The summed E-state index contributed by atoms with van der Waals surface area (Å²) in [6.45, 7) is 6.32. The largest absolute Gasteiger partial charge is 0.493 e. The number of benzene rings is 1. The molecule has 0 saturated heterocycles. The van der Waals surface area contributed by atoms with Gasteiger partial charge in [-0.3, -0.25) is 10.6 Å². The second-order valence-electron chi connectivity index (χ2n) is 4.92. The van der Waals surface area contributed by atoms with Crippen molar-refractivity contribution in [3.8, 4) is 11.5 Å². The minimum atomic E-state index is -0.840. The molecule has 1 aromatic rings. The van der Waals surface area contributed by atoms with Crippen molar-refractivity contribution in [2.45, 2.75) is 33.4 Å². The zero-order valence-corrected chi connectivity index (χ0v) is 15.1. The van der Waals surface area contributed by atoms with Crippen LogP contribution in [0.4, 0.5) is 9.59 Å². The summed E-state index contributed by atoms with van der Waals surface area (Å²) in [4.78, 5) is 23.5. The van der Waals surface area contributed by atoms with E-state index in [-0.39, 0.29) is 13.2 Å². The Morgan fingerprint density at radius 3 is 2.08 bits per heavy atom. The summed E-state index contributed by atoms with van der Waals surface area (Å²) in [7, 11) is 1.54. The number of rotatable bonds is 9. The van der Waals surface area contributed by atoms with Crippen molar-refractivity contribution in [3.63, 3.8) is 0 Å². The van der Waals surface area contributed by atoms with Crippen molar-refractivity contribution >= 4 is 12.2 Å². The molecule has 0 atom stereocenters. The number of carbonyl (C=O) groups is 2. The van der Waals surface area contributed by atoms with E-state index in [0.717, 1.165) is 6.42 Å². The van der Waals surface area contributed by atoms with E-state index in [1.165, 1.54) is 0 Å². The molecular weight excluding hydrogens is 328 g/mol. The Bertz CT molecular complexity index is 544. The molecule has 8 heteroatoms. The Hall–Kier alpha value is -2.64. The zero-order valence-electron chi connectivity index (χ0n) is 15.1. The van der Waals surface area contributed by atoms with Gasteiger partial charge in [-0.15, -0.1) is 0 Å². The fourth-order valence-electron chi connectivity index (χ4n) is 1.98. The molecule has 140 valence electrons. The Labute approximate surface area is 147 Å². The van der Waals surface area contributed by atoms with Crippen LogP contribution in [0.1, 0.15) is 38.9 Å². The molecule has 0 aromatic heterocycles. The number of nitrogens with one attached hydrogen (secondary N) is 2. The summed E-state index contributed by atoms with van der Waals surface area (Å²) in [6.07, 6.45) is -1.32. The number of alkyl carbamates (subject to hydrolysis) is 2. The number of ether oxygens (including phenoxy) is 4. The van der Waals surface area contributed by atoms with E-state index in [1.807, 2.05) is 6.92 Å². The molecule has 8 nitrogen and oxygen atoms in total. The Kier molecular flexibility index (Phi) is 8.99. The predicted octanol–water partition coefficient (Wildman–Crippen LogP) is 2.97. The van der Waals surface area contributed by atoms with Crippen LogP contribution in [0.2, 0.25) is 0 Å². The first-order valence-electron chi connectivity index (χ1n) is 8.22. The van der Waals surface area contributed by atoms with Gasteiger partial charge in [-0.25, -0.2) is 9.59 Å². The van der Waals surface area contributed by atoms with Gasteiger partial charge in [-0.05, 0) is 38.0 Å². The molecule has 0 spiro atoms. The first-order valence-corrected chi connectivity index (χ1v) is 8.22. The summed E-state index contributed by atoms with van der Waals surface area (Å²) >= 11 is 0. The number of carbonyl (C=O) groups excluding carboxylic acids is 2. The van der Waals surface area contributed by atoms with Gasteiger partial charge in [0.1, 0.15) is 6.17 Å². The SMILES string of the molecule is CCCOc1cc(C(NC(=O)OCC)NC(=O)OCC)ccc1OC. The summed E-state index contributed by atoms with van der Waals surface area (Å²) < 4.78 is 20.7. The quantitative estimate of drug-likeness (QED) is 0.662. The number of hydrogen-bond donors (Lipinski definition) is 2. The lowest BCUT2D eigenvalue weighted by Gasteiger charge is -2.21. The summed E-state index contributed by atoms with van der Waals surface area (Å²) in [6, 6.07) is 5.10. The van der Waals surface area contributed by atoms with Crippen LogP contribution in [0.3, 0.4) is 0 Å². The van der Waals surface area contributed by atoms with Gasteiger partial charge in [-0.2, -0.15) is 0 Å². The molecule has 0 aliphatic heterocycles. The molecule has 0 aliphatic rings. The highest BCUT2D eigenvalue weighted by Gasteiger charge is 2.20. The highest BCUT2D eigenvalue weighted by atomic mass is 16.6. The Morgan fingerprint density at radius 2 is 1.60 bits per heavy atom. The van der Waals surface area contributed by atoms with Crippen molar-refractivity contribution in [3.05, 3.63) is 23.8 Å². The normalized spacial score (nSPS) is 10.1. The van der Waals surface area contributed by atoms with Crippen LogP contribution < -0.4 is 20.1 Å². The molecule has 0 radical (unpaired) electrons. The van der Waals surface area contributed by atoms with Crippen LogP contribution in [0, 0.1) is 0 Å². The molecule has 0 fully saturated rings. The molecule has 1 rings (SSSR count). The number of methoxy groups -OCH3 is 1. The molecule has 0 bridgehead atoms. The highest BCUT2D eigenvalue weighted by Crippen LogP contribution is 2.30. The molecule has 0 aliphatic carbocycles. The Balaban J connectivity index is 3.05. The van der Waals surface area contributed by atoms with E-state index in [9.17, 15) is 9.59 Å². The van der Waals surface area contributed by atoms with E-state index in [1.54, 1.807) is 39.2 Å². The molecule has 0 unspecified atom stereocenters. The third-order valence-corrected chi connectivity index (χ3v) is 3.06. The average molecular weight is 354 g/mol. The summed E-state index contributed by atoms with van der Waals surface area (Å²) in [5.74, 6) is 1.08. The van der Waals surface area contributed by atoms with E-state index < -0.39 is 18.4 Å². The van der Waals surface area contributed by atoms with E-state index in [2.05, 4.69) is 10.6 Å². The van der Waals surface area contributed by atoms with Crippen LogP contribution in [-0.2, 0) is 9.47 Å². The summed E-state index contributed by atoms with van der Waals surface area (Å²) in [5.41, 5.74) is 0.591. The van der Waals surface area contributed by atoms with Gasteiger partial charge in [0.15, 0.2) is 11.5 Å². The second kappa shape index (κ2) is 11.0. The van der Waals surface area contributed by atoms with Crippen LogP contribution >= 0.6 is 0 Å². The minimum absolute atomic E-state index is 0.214. The first-order chi connectivity index (χ1) is 12.0. The molecule has 2 amide bonds. The lowest BCUT2D eigenvalue weighted by molar-refractivity contribution is 0.135. The van der Waals surface area contributed by atoms with Crippen LogP contribution in [0.15, 0.2) is 18.2 Å². The van der Waals surface area contributed by atoms with Gasteiger partial charge in [0.25, 0.3) is 0 Å². The maximum Gasteiger partial charge on any atom is 0.409 e. The fourth-order valence-corrected chi connectivity index (χ4v) is 1.98. The van der Waals surface area contributed by atoms with Crippen molar-refractivity contribution in [1.29, 1.82) is 0 Å². The van der Waals surface area contributed by atoms with Crippen molar-refractivity contribution in [1.82, 2.24) is 10.6 Å². The third-order valence-electron chi connectivity index (χ3n) is 3.06. The highest BCUT2D eigenvalue weighted by molar-refractivity contribution is 5.71. The Morgan fingerprint density at radius 1 is 1.00 bits per heavy atom.